The number of aromatic nitrogens is 3. The van der Waals surface area contributed by atoms with Crippen LogP contribution in [0.4, 0.5) is 11.5 Å². The highest BCUT2D eigenvalue weighted by molar-refractivity contribution is 7.18. The molecule has 3 heterocycles. The number of nitrogen functional groups attached to an aromatic ring is 1. The Labute approximate surface area is 231 Å². The molecule has 3 unspecified atom stereocenters. The van der Waals surface area contributed by atoms with E-state index >= 15 is 0 Å². The largest absolute Gasteiger partial charge is 0.382 e. The molecule has 196 valence electrons. The molecular weight excluding hydrogens is 516 g/mol. The molecule has 0 spiro atoms. The predicted octanol–water partition coefficient (Wildman–Crippen LogP) is 6.36. The molecule has 38 heavy (non-hydrogen) atoms. The smallest absolute Gasteiger partial charge is 0.258 e. The zero-order valence-electron chi connectivity index (χ0n) is 22.1. The number of benzene rings is 1. The number of rotatable bonds is 6. The van der Waals surface area contributed by atoms with Gasteiger partial charge in [-0.2, -0.15) is 0 Å². The number of nitrogens with two attached hydrogens (primary N) is 1. The van der Waals surface area contributed by atoms with Crippen LogP contribution in [0.3, 0.4) is 0 Å². The number of allylic oxidation sites excluding steroid dienone is 3. The van der Waals surface area contributed by atoms with Crippen LogP contribution < -0.4 is 11.1 Å². The Balaban J connectivity index is 1.52. The van der Waals surface area contributed by atoms with Gasteiger partial charge in [0.1, 0.15) is 12.1 Å². The van der Waals surface area contributed by atoms with Gasteiger partial charge in [0.05, 0.1) is 27.2 Å². The van der Waals surface area contributed by atoms with Crippen LogP contribution in [-0.4, -0.2) is 46.4 Å². The molecule has 0 radical (unpaired) electrons. The summed E-state index contributed by atoms with van der Waals surface area (Å²) in [6.45, 7) is 7.32. The molecule has 0 aliphatic heterocycles. The van der Waals surface area contributed by atoms with Gasteiger partial charge in [0.2, 0.25) is 0 Å². The van der Waals surface area contributed by atoms with E-state index in [2.05, 4.69) is 60.3 Å². The molecule has 0 saturated heterocycles. The number of halogens is 1. The van der Waals surface area contributed by atoms with Gasteiger partial charge in [-0.05, 0) is 44.6 Å². The zero-order valence-corrected chi connectivity index (χ0v) is 23.7. The topological polar surface area (TPSA) is 97.0 Å². The number of fused-ring (bicyclic) bond motifs is 2. The molecule has 4 aromatic rings. The molecule has 5 rings (SSSR count). The second-order valence-corrected chi connectivity index (χ2v) is 11.5. The van der Waals surface area contributed by atoms with E-state index < -0.39 is 0 Å². The van der Waals surface area contributed by atoms with Crippen LogP contribution >= 0.6 is 22.9 Å². The molecule has 0 fully saturated rings. The summed E-state index contributed by atoms with van der Waals surface area (Å²) in [5, 5.41) is 7.78. The van der Waals surface area contributed by atoms with Gasteiger partial charge < -0.3 is 16.0 Å². The third-order valence-corrected chi connectivity index (χ3v) is 8.84. The monoisotopic (exact) mass is 546 g/mol. The van der Waals surface area contributed by atoms with E-state index in [1.807, 2.05) is 31.3 Å². The van der Waals surface area contributed by atoms with Crippen LogP contribution in [0.25, 0.3) is 21.0 Å². The lowest BCUT2D eigenvalue weighted by atomic mass is 9.76. The van der Waals surface area contributed by atoms with Crippen molar-refractivity contribution >= 4 is 61.3 Å². The van der Waals surface area contributed by atoms with Gasteiger partial charge in [0.25, 0.3) is 5.91 Å². The van der Waals surface area contributed by atoms with E-state index in [9.17, 15) is 4.79 Å². The number of nitrogens with zero attached hydrogens (tertiary/aromatic N) is 4. The van der Waals surface area contributed by atoms with Gasteiger partial charge in [-0.1, -0.05) is 49.2 Å². The van der Waals surface area contributed by atoms with Gasteiger partial charge in [-0.3, -0.25) is 9.78 Å². The molecule has 1 aliphatic carbocycles. The Bertz CT molecular complexity index is 1610. The summed E-state index contributed by atoms with van der Waals surface area (Å²) in [5.74, 6) is 0.727. The SMILES string of the molecule is Cc1ccc2c(C(C)C3=CC=C(Cl)C(CN(C)C)C3C)nccc2c1NC(=O)c1csc2c(N)ncnc12. The van der Waals surface area contributed by atoms with Crippen molar-refractivity contribution in [1.82, 2.24) is 19.9 Å². The van der Waals surface area contributed by atoms with Crippen LogP contribution in [0.15, 0.2) is 58.9 Å². The van der Waals surface area contributed by atoms with Gasteiger partial charge in [-0.15, -0.1) is 11.3 Å². The third kappa shape index (κ3) is 4.68. The molecule has 3 N–H and O–H groups in total. The summed E-state index contributed by atoms with van der Waals surface area (Å²) < 4.78 is 0.712. The van der Waals surface area contributed by atoms with Crippen molar-refractivity contribution in [1.29, 1.82) is 0 Å². The Morgan fingerprint density at radius 1 is 1.18 bits per heavy atom. The Morgan fingerprint density at radius 3 is 2.74 bits per heavy atom. The summed E-state index contributed by atoms with van der Waals surface area (Å²) >= 11 is 8.00. The first-order valence-corrected chi connectivity index (χ1v) is 13.8. The molecule has 0 bridgehead atoms. The quantitative estimate of drug-likeness (QED) is 0.292. The van der Waals surface area contributed by atoms with Gasteiger partial charge in [0, 0.05) is 45.8 Å². The second-order valence-electron chi connectivity index (χ2n) is 10.2. The van der Waals surface area contributed by atoms with Crippen molar-refractivity contribution in [3.05, 3.63) is 75.7 Å². The van der Waals surface area contributed by atoms with Crippen LogP contribution in [0, 0.1) is 18.8 Å². The lowest BCUT2D eigenvalue weighted by Gasteiger charge is -2.33. The van der Waals surface area contributed by atoms with Gasteiger partial charge in [0.15, 0.2) is 0 Å². The van der Waals surface area contributed by atoms with Gasteiger partial charge in [-0.25, -0.2) is 9.97 Å². The lowest BCUT2D eigenvalue weighted by molar-refractivity contribution is 0.102. The number of aryl methyl sites for hydroxylation is 1. The fraction of sp³-hybridized carbons (Fsp3) is 0.310. The molecule has 3 atom stereocenters. The van der Waals surface area contributed by atoms with E-state index in [4.69, 9.17) is 22.3 Å². The molecule has 1 aliphatic rings. The highest BCUT2D eigenvalue weighted by Crippen LogP contribution is 2.42. The molecule has 7 nitrogen and oxygen atoms in total. The Morgan fingerprint density at radius 2 is 1.97 bits per heavy atom. The number of anilines is 2. The fourth-order valence-corrected chi connectivity index (χ4v) is 6.59. The number of nitrogens with one attached hydrogen (secondary N) is 1. The number of carbonyl (C=O) groups excluding carboxylic acids is 1. The maximum absolute atomic E-state index is 13.4. The average molecular weight is 547 g/mol. The number of hydrogen-bond acceptors (Lipinski definition) is 7. The van der Waals surface area contributed by atoms with Crippen LogP contribution in [0.5, 0.6) is 0 Å². The molecule has 0 saturated carbocycles. The van der Waals surface area contributed by atoms with Gasteiger partial charge >= 0.3 is 0 Å². The number of thiophene rings is 1. The van der Waals surface area contributed by atoms with E-state index in [0.29, 0.717) is 21.6 Å². The standard InChI is InChI=1S/C29H31ClN6OS/c1-15-6-7-19-20(24(15)35-29(37)22-13-38-27-26(22)33-14-34-28(27)31)10-11-32-25(19)17(3)18-8-9-23(30)21(16(18)2)12-36(4)5/h6-11,13-14,16-17,21H,12H2,1-5H3,(H,35,37)(H2,31,33,34). The van der Waals surface area contributed by atoms with Crippen LogP contribution in [0.2, 0.25) is 0 Å². The molecular formula is C29H31ClN6OS. The van der Waals surface area contributed by atoms with Crippen LogP contribution in [0.1, 0.15) is 41.4 Å². The molecule has 1 aromatic carbocycles. The zero-order chi connectivity index (χ0) is 27.1. The van der Waals surface area contributed by atoms with E-state index in [-0.39, 0.29) is 23.7 Å². The summed E-state index contributed by atoms with van der Waals surface area (Å²) in [5.41, 5.74) is 11.0. The number of carbonyl (C=O) groups is 1. The molecule has 3 aromatic heterocycles. The minimum atomic E-state index is -0.230. The number of hydrogen-bond donors (Lipinski definition) is 2. The van der Waals surface area contributed by atoms with E-state index in [1.165, 1.54) is 23.2 Å². The predicted molar refractivity (Wildman–Crippen MR) is 158 cm³/mol. The lowest BCUT2D eigenvalue weighted by Crippen LogP contribution is -2.30. The summed E-state index contributed by atoms with van der Waals surface area (Å²) in [6.07, 6.45) is 7.39. The summed E-state index contributed by atoms with van der Waals surface area (Å²) in [7, 11) is 4.15. The summed E-state index contributed by atoms with van der Waals surface area (Å²) in [6, 6.07) is 6.09. The number of amides is 1. The first kappa shape index (κ1) is 26.3. The normalized spacial score (nSPS) is 18.5. The Kier molecular flexibility index (Phi) is 7.22. The van der Waals surface area contributed by atoms with Crippen molar-refractivity contribution < 1.29 is 4.79 Å². The van der Waals surface area contributed by atoms with Crippen molar-refractivity contribution in [3.8, 4) is 0 Å². The van der Waals surface area contributed by atoms with Crippen molar-refractivity contribution in [3.63, 3.8) is 0 Å². The third-order valence-electron chi connectivity index (χ3n) is 7.44. The second kappa shape index (κ2) is 10.4. The minimum absolute atomic E-state index is 0.0751. The minimum Gasteiger partial charge on any atom is -0.382 e. The average Bonchev–Trinajstić information content (AvgIpc) is 3.33. The molecule has 1 amide bonds. The van der Waals surface area contributed by atoms with Crippen molar-refractivity contribution in [2.45, 2.75) is 26.7 Å². The first-order valence-electron chi connectivity index (χ1n) is 12.6. The maximum Gasteiger partial charge on any atom is 0.258 e. The Hall–Kier alpha value is -3.33. The van der Waals surface area contributed by atoms with Crippen LogP contribution in [-0.2, 0) is 0 Å². The van der Waals surface area contributed by atoms with E-state index in [1.54, 1.807) is 5.38 Å². The van der Waals surface area contributed by atoms with Crippen molar-refractivity contribution in [2.75, 3.05) is 31.7 Å². The summed E-state index contributed by atoms with van der Waals surface area (Å²) in [4.78, 5) is 28.7. The van der Waals surface area contributed by atoms with E-state index in [0.717, 1.165) is 39.3 Å². The highest BCUT2D eigenvalue weighted by Gasteiger charge is 2.31. The first-order chi connectivity index (χ1) is 18.2. The number of pyridine rings is 1. The maximum atomic E-state index is 13.4. The fourth-order valence-electron chi connectivity index (χ4n) is 5.37. The molecule has 9 heteroatoms. The van der Waals surface area contributed by atoms with Crippen molar-refractivity contribution in [2.24, 2.45) is 11.8 Å². The highest BCUT2D eigenvalue weighted by atomic mass is 35.5.